The van der Waals surface area contributed by atoms with Gasteiger partial charge in [-0.05, 0) is 43.9 Å². The van der Waals surface area contributed by atoms with Crippen molar-refractivity contribution in [2.75, 3.05) is 5.32 Å². The topological polar surface area (TPSA) is 58.2 Å². The number of hydrogen-bond donors (Lipinski definition) is 2. The van der Waals surface area contributed by atoms with Gasteiger partial charge in [0.05, 0.1) is 0 Å². The monoisotopic (exact) mass is 232 g/mol. The molecule has 0 aliphatic heterocycles. The van der Waals surface area contributed by atoms with E-state index < -0.39 is 11.8 Å². The molecule has 0 bridgehead atoms. The predicted molar refractivity (Wildman–Crippen MR) is 65.7 cm³/mol. The average Bonchev–Trinajstić information content (AvgIpc) is 3.08. The molecule has 4 nitrogen and oxygen atoms in total. The average molecular weight is 232 g/mol. The molecule has 0 saturated heterocycles. The van der Waals surface area contributed by atoms with Crippen molar-refractivity contribution >= 4 is 17.5 Å². The van der Waals surface area contributed by atoms with Gasteiger partial charge in [0, 0.05) is 11.7 Å². The maximum atomic E-state index is 11.6. The molecule has 1 saturated carbocycles. The second kappa shape index (κ2) is 4.57. The van der Waals surface area contributed by atoms with Gasteiger partial charge in [0.1, 0.15) is 0 Å². The van der Waals surface area contributed by atoms with Gasteiger partial charge in [-0.2, -0.15) is 0 Å². The minimum Gasteiger partial charge on any atom is -0.345 e. The first-order valence-electron chi connectivity index (χ1n) is 5.76. The Kier molecular flexibility index (Phi) is 3.13. The van der Waals surface area contributed by atoms with Crippen LogP contribution in [0.1, 0.15) is 24.0 Å². The zero-order valence-corrected chi connectivity index (χ0v) is 10.0. The van der Waals surface area contributed by atoms with E-state index in [9.17, 15) is 9.59 Å². The maximum absolute atomic E-state index is 11.6. The molecule has 17 heavy (non-hydrogen) atoms. The molecule has 2 N–H and O–H groups in total. The van der Waals surface area contributed by atoms with E-state index in [1.165, 1.54) is 0 Å². The fraction of sp³-hybridized carbons (Fsp3) is 0.385. The number of benzene rings is 1. The number of carbonyl (C=O) groups excluding carboxylic acids is 2. The molecule has 2 rings (SSSR count). The second-order valence-electron chi connectivity index (χ2n) is 4.45. The summed E-state index contributed by atoms with van der Waals surface area (Å²) in [6.07, 6.45) is 1.95. The predicted octanol–water partition coefficient (Wildman–Crippen LogP) is 1.52. The Morgan fingerprint density at radius 1 is 1.18 bits per heavy atom. The Labute approximate surface area is 100 Å². The van der Waals surface area contributed by atoms with Crippen LogP contribution in [-0.4, -0.2) is 17.9 Å². The van der Waals surface area contributed by atoms with Crippen LogP contribution in [-0.2, 0) is 9.59 Å². The lowest BCUT2D eigenvalue weighted by atomic mass is 10.1. The van der Waals surface area contributed by atoms with Gasteiger partial charge in [0.15, 0.2) is 0 Å². The quantitative estimate of drug-likeness (QED) is 0.759. The summed E-state index contributed by atoms with van der Waals surface area (Å²) in [4.78, 5) is 23.1. The molecule has 0 heterocycles. The first-order valence-corrected chi connectivity index (χ1v) is 5.76. The second-order valence-corrected chi connectivity index (χ2v) is 4.45. The van der Waals surface area contributed by atoms with Crippen molar-refractivity contribution in [3.63, 3.8) is 0 Å². The van der Waals surface area contributed by atoms with Crippen LogP contribution in [0.25, 0.3) is 0 Å². The van der Waals surface area contributed by atoms with Gasteiger partial charge in [0.2, 0.25) is 0 Å². The zero-order chi connectivity index (χ0) is 12.4. The van der Waals surface area contributed by atoms with Crippen LogP contribution in [0.3, 0.4) is 0 Å². The fourth-order valence-corrected chi connectivity index (χ4v) is 1.54. The summed E-state index contributed by atoms with van der Waals surface area (Å²) in [5.74, 6) is -1.14. The third-order valence-corrected chi connectivity index (χ3v) is 2.97. The van der Waals surface area contributed by atoms with E-state index >= 15 is 0 Å². The SMILES string of the molecule is Cc1cccc(NC(=O)C(=O)NC2CC2)c1C. The number of hydrogen-bond acceptors (Lipinski definition) is 2. The molecule has 1 aliphatic carbocycles. The van der Waals surface area contributed by atoms with Crippen LogP contribution >= 0.6 is 0 Å². The first kappa shape index (κ1) is 11.6. The van der Waals surface area contributed by atoms with Crippen molar-refractivity contribution in [2.24, 2.45) is 0 Å². The van der Waals surface area contributed by atoms with Crippen LogP contribution in [0.4, 0.5) is 5.69 Å². The maximum Gasteiger partial charge on any atom is 0.313 e. The lowest BCUT2D eigenvalue weighted by molar-refractivity contribution is -0.136. The van der Waals surface area contributed by atoms with Crippen molar-refractivity contribution in [1.82, 2.24) is 5.32 Å². The van der Waals surface area contributed by atoms with E-state index in [2.05, 4.69) is 10.6 Å². The lowest BCUT2D eigenvalue weighted by Gasteiger charge is -2.10. The summed E-state index contributed by atoms with van der Waals surface area (Å²) in [5.41, 5.74) is 2.77. The number of rotatable bonds is 2. The van der Waals surface area contributed by atoms with Crippen LogP contribution in [0.5, 0.6) is 0 Å². The fourth-order valence-electron chi connectivity index (χ4n) is 1.54. The number of nitrogens with one attached hydrogen (secondary N) is 2. The van der Waals surface area contributed by atoms with E-state index in [1.807, 2.05) is 26.0 Å². The van der Waals surface area contributed by atoms with Gasteiger partial charge >= 0.3 is 11.8 Å². The van der Waals surface area contributed by atoms with Crippen molar-refractivity contribution < 1.29 is 9.59 Å². The Morgan fingerprint density at radius 3 is 2.53 bits per heavy atom. The number of aryl methyl sites for hydroxylation is 1. The Balaban J connectivity index is 2.01. The Bertz CT molecular complexity index is 464. The van der Waals surface area contributed by atoms with Gasteiger partial charge in [0.25, 0.3) is 0 Å². The molecule has 1 fully saturated rings. The van der Waals surface area contributed by atoms with Gasteiger partial charge in [-0.3, -0.25) is 9.59 Å². The van der Waals surface area contributed by atoms with Crippen molar-refractivity contribution in [3.8, 4) is 0 Å². The molecule has 1 aromatic rings. The largest absolute Gasteiger partial charge is 0.345 e. The molecule has 0 atom stereocenters. The molecular formula is C13H16N2O2. The van der Waals surface area contributed by atoms with Crippen molar-refractivity contribution in [1.29, 1.82) is 0 Å². The number of anilines is 1. The number of carbonyl (C=O) groups is 2. The van der Waals surface area contributed by atoms with Crippen LogP contribution < -0.4 is 10.6 Å². The van der Waals surface area contributed by atoms with Crippen molar-refractivity contribution in [2.45, 2.75) is 32.7 Å². The first-order chi connectivity index (χ1) is 8.08. The lowest BCUT2D eigenvalue weighted by Crippen LogP contribution is -2.36. The van der Waals surface area contributed by atoms with Crippen LogP contribution in [0.2, 0.25) is 0 Å². The highest BCUT2D eigenvalue weighted by Gasteiger charge is 2.26. The highest BCUT2D eigenvalue weighted by Crippen LogP contribution is 2.19. The van der Waals surface area contributed by atoms with E-state index in [0.29, 0.717) is 5.69 Å². The molecule has 1 aliphatic rings. The highest BCUT2D eigenvalue weighted by atomic mass is 16.2. The summed E-state index contributed by atoms with van der Waals surface area (Å²) in [7, 11) is 0. The van der Waals surface area contributed by atoms with E-state index in [1.54, 1.807) is 6.07 Å². The van der Waals surface area contributed by atoms with Crippen LogP contribution in [0, 0.1) is 13.8 Å². The normalized spacial score (nSPS) is 14.2. The van der Waals surface area contributed by atoms with Gasteiger partial charge < -0.3 is 10.6 Å². The summed E-state index contributed by atoms with van der Waals surface area (Å²) in [6.45, 7) is 3.89. The minimum absolute atomic E-state index is 0.201. The zero-order valence-electron chi connectivity index (χ0n) is 10.0. The molecule has 0 unspecified atom stereocenters. The summed E-state index contributed by atoms with van der Waals surface area (Å²) < 4.78 is 0. The van der Waals surface area contributed by atoms with E-state index in [-0.39, 0.29) is 6.04 Å². The van der Waals surface area contributed by atoms with E-state index in [0.717, 1.165) is 24.0 Å². The summed E-state index contributed by atoms with van der Waals surface area (Å²) in [6, 6.07) is 5.82. The standard InChI is InChI=1S/C13H16N2O2/c1-8-4-3-5-11(9(8)2)15-13(17)12(16)14-10-6-7-10/h3-5,10H,6-7H2,1-2H3,(H,14,16)(H,15,17). The highest BCUT2D eigenvalue weighted by molar-refractivity contribution is 6.39. The van der Waals surface area contributed by atoms with Gasteiger partial charge in [-0.1, -0.05) is 12.1 Å². The van der Waals surface area contributed by atoms with Gasteiger partial charge in [-0.15, -0.1) is 0 Å². The van der Waals surface area contributed by atoms with Gasteiger partial charge in [-0.25, -0.2) is 0 Å². The molecule has 0 spiro atoms. The third kappa shape index (κ3) is 2.84. The minimum atomic E-state index is -0.592. The molecule has 0 aromatic heterocycles. The molecule has 4 heteroatoms. The molecule has 90 valence electrons. The summed E-state index contributed by atoms with van der Waals surface area (Å²) in [5, 5.41) is 5.29. The number of amides is 2. The smallest absolute Gasteiger partial charge is 0.313 e. The summed E-state index contributed by atoms with van der Waals surface area (Å²) >= 11 is 0. The molecule has 2 amide bonds. The van der Waals surface area contributed by atoms with Crippen molar-refractivity contribution in [3.05, 3.63) is 29.3 Å². The molecule has 1 aromatic carbocycles. The third-order valence-electron chi connectivity index (χ3n) is 2.97. The Hall–Kier alpha value is -1.84. The van der Waals surface area contributed by atoms with E-state index in [4.69, 9.17) is 0 Å². The van der Waals surface area contributed by atoms with Crippen LogP contribution in [0.15, 0.2) is 18.2 Å². The molecular weight excluding hydrogens is 216 g/mol. The Morgan fingerprint density at radius 2 is 1.88 bits per heavy atom. The molecule has 0 radical (unpaired) electrons.